The minimum atomic E-state index is 0.369. The second-order valence-electron chi connectivity index (χ2n) is 3.67. The lowest BCUT2D eigenvalue weighted by Crippen LogP contribution is -2.27. The molecule has 4 heteroatoms. The zero-order valence-electron chi connectivity index (χ0n) is 8.16. The van der Waals surface area contributed by atoms with Crippen molar-refractivity contribution >= 4 is 12.0 Å². The summed E-state index contributed by atoms with van der Waals surface area (Å²) in [6.45, 7) is 1.86. The van der Waals surface area contributed by atoms with Gasteiger partial charge >= 0.3 is 0 Å². The molecule has 0 amide bonds. The Morgan fingerprint density at radius 3 is 3.14 bits per heavy atom. The van der Waals surface area contributed by atoms with Gasteiger partial charge in [0.15, 0.2) is 6.29 Å². The van der Waals surface area contributed by atoms with E-state index >= 15 is 0 Å². The molecule has 0 aromatic carbocycles. The highest BCUT2D eigenvalue weighted by Gasteiger charge is 2.16. The molecule has 1 aromatic rings. The molecule has 0 fully saturated rings. The summed E-state index contributed by atoms with van der Waals surface area (Å²) in [7, 11) is 2.06. The van der Waals surface area contributed by atoms with Crippen molar-refractivity contribution in [1.82, 2.24) is 9.88 Å². The number of pyridine rings is 1. The summed E-state index contributed by atoms with van der Waals surface area (Å²) in [5.41, 5.74) is 8.69. The predicted molar refractivity (Wildman–Crippen MR) is 54.1 cm³/mol. The largest absolute Gasteiger partial charge is 0.397 e. The normalized spacial score (nSPS) is 16.4. The van der Waals surface area contributed by atoms with Gasteiger partial charge in [0.25, 0.3) is 0 Å². The number of rotatable bonds is 1. The third-order valence-electron chi connectivity index (χ3n) is 2.53. The van der Waals surface area contributed by atoms with Crippen LogP contribution in [0, 0.1) is 0 Å². The van der Waals surface area contributed by atoms with Gasteiger partial charge in [0.2, 0.25) is 0 Å². The van der Waals surface area contributed by atoms with Crippen LogP contribution in [0.3, 0.4) is 0 Å². The highest BCUT2D eigenvalue weighted by Crippen LogP contribution is 2.20. The van der Waals surface area contributed by atoms with Crippen molar-refractivity contribution in [2.75, 3.05) is 19.3 Å². The minimum absolute atomic E-state index is 0.369. The minimum Gasteiger partial charge on any atom is -0.397 e. The van der Waals surface area contributed by atoms with Crippen molar-refractivity contribution in [3.05, 3.63) is 23.0 Å². The van der Waals surface area contributed by atoms with Crippen molar-refractivity contribution in [1.29, 1.82) is 0 Å². The molecule has 2 N–H and O–H groups in total. The van der Waals surface area contributed by atoms with Crippen LogP contribution in [0.4, 0.5) is 5.69 Å². The standard InChI is InChI=1S/C10H13N3O/c1-13-3-2-9-7(5-13)4-8(11)10(6-14)12-9/h4,6H,2-3,5,11H2,1H3. The lowest BCUT2D eigenvalue weighted by Gasteiger charge is -2.24. The quantitative estimate of drug-likeness (QED) is 0.655. The molecule has 0 atom stereocenters. The van der Waals surface area contributed by atoms with Gasteiger partial charge in [-0.15, -0.1) is 0 Å². The smallest absolute Gasteiger partial charge is 0.170 e. The molecule has 74 valence electrons. The number of likely N-dealkylation sites (N-methyl/N-ethyl adjacent to an activating group) is 1. The van der Waals surface area contributed by atoms with Gasteiger partial charge < -0.3 is 10.6 Å². The molecule has 1 aromatic heterocycles. The fourth-order valence-corrected chi connectivity index (χ4v) is 1.74. The Morgan fingerprint density at radius 1 is 1.64 bits per heavy atom. The molecular formula is C10H13N3O. The second-order valence-corrected chi connectivity index (χ2v) is 3.67. The first-order valence-corrected chi connectivity index (χ1v) is 4.62. The number of carbonyl (C=O) groups is 1. The number of hydrogen-bond acceptors (Lipinski definition) is 4. The molecule has 0 unspecified atom stereocenters. The van der Waals surface area contributed by atoms with Crippen LogP contribution in [-0.2, 0) is 13.0 Å². The van der Waals surface area contributed by atoms with Crippen LogP contribution in [0.25, 0.3) is 0 Å². The van der Waals surface area contributed by atoms with Crippen molar-refractivity contribution in [2.24, 2.45) is 0 Å². The van der Waals surface area contributed by atoms with Gasteiger partial charge in [-0.2, -0.15) is 0 Å². The highest BCUT2D eigenvalue weighted by molar-refractivity contribution is 5.80. The van der Waals surface area contributed by atoms with Gasteiger partial charge in [0.05, 0.1) is 5.69 Å². The molecule has 2 heterocycles. The lowest BCUT2D eigenvalue weighted by atomic mass is 10.0. The van der Waals surface area contributed by atoms with Gasteiger partial charge in [-0.1, -0.05) is 0 Å². The monoisotopic (exact) mass is 191 g/mol. The zero-order chi connectivity index (χ0) is 10.1. The average Bonchev–Trinajstić information content (AvgIpc) is 2.16. The van der Waals surface area contributed by atoms with E-state index in [0.717, 1.165) is 30.8 Å². The van der Waals surface area contributed by atoms with Crippen LogP contribution in [0.1, 0.15) is 21.7 Å². The predicted octanol–water partition coefficient (Wildman–Crippen LogP) is 0.464. The summed E-state index contributed by atoms with van der Waals surface area (Å²) in [5.74, 6) is 0. The Labute approximate surface area is 82.7 Å². The number of fused-ring (bicyclic) bond motifs is 1. The second kappa shape index (κ2) is 3.38. The van der Waals surface area contributed by atoms with Crippen LogP contribution in [0.15, 0.2) is 6.07 Å². The van der Waals surface area contributed by atoms with Gasteiger partial charge in [-0.05, 0) is 18.7 Å². The van der Waals surface area contributed by atoms with Crippen LogP contribution in [0.2, 0.25) is 0 Å². The van der Waals surface area contributed by atoms with Gasteiger partial charge in [0.1, 0.15) is 5.69 Å². The van der Waals surface area contributed by atoms with Gasteiger partial charge in [0, 0.05) is 25.2 Å². The number of aromatic nitrogens is 1. The van der Waals surface area contributed by atoms with Crippen molar-refractivity contribution in [3.63, 3.8) is 0 Å². The third kappa shape index (κ3) is 1.48. The molecule has 0 saturated heterocycles. The van der Waals surface area contributed by atoms with E-state index in [1.54, 1.807) is 0 Å². The number of nitrogen functional groups attached to an aromatic ring is 1. The van der Waals surface area contributed by atoms with E-state index in [1.165, 1.54) is 0 Å². The number of aldehydes is 1. The van der Waals surface area contributed by atoms with Gasteiger partial charge in [-0.25, -0.2) is 4.98 Å². The topological polar surface area (TPSA) is 59.2 Å². The summed E-state index contributed by atoms with van der Waals surface area (Å²) < 4.78 is 0. The number of carbonyl (C=O) groups excluding carboxylic acids is 1. The Bertz CT molecular complexity index is 376. The number of anilines is 1. The molecule has 0 saturated carbocycles. The first kappa shape index (κ1) is 9.15. The van der Waals surface area contributed by atoms with E-state index in [1.807, 2.05) is 6.07 Å². The maximum Gasteiger partial charge on any atom is 0.170 e. The van der Waals surface area contributed by atoms with Crippen LogP contribution >= 0.6 is 0 Å². The summed E-state index contributed by atoms with van der Waals surface area (Å²) >= 11 is 0. The van der Waals surface area contributed by atoms with Crippen LogP contribution < -0.4 is 5.73 Å². The van der Waals surface area contributed by atoms with E-state index in [9.17, 15) is 4.79 Å². The zero-order valence-corrected chi connectivity index (χ0v) is 8.16. The lowest BCUT2D eigenvalue weighted by molar-refractivity contribution is 0.111. The Balaban J connectivity index is 2.45. The summed E-state index contributed by atoms with van der Waals surface area (Å²) in [6, 6.07) is 1.86. The number of nitrogens with two attached hydrogens (primary N) is 1. The fourth-order valence-electron chi connectivity index (χ4n) is 1.74. The van der Waals surface area contributed by atoms with Crippen molar-refractivity contribution in [3.8, 4) is 0 Å². The summed E-state index contributed by atoms with van der Waals surface area (Å²) in [6.07, 6.45) is 1.61. The molecule has 14 heavy (non-hydrogen) atoms. The van der Waals surface area contributed by atoms with Crippen molar-refractivity contribution < 1.29 is 4.79 Å². The molecule has 1 aliphatic heterocycles. The molecule has 0 aliphatic carbocycles. The molecule has 0 radical (unpaired) electrons. The van der Waals surface area contributed by atoms with Crippen LogP contribution in [-0.4, -0.2) is 29.8 Å². The fraction of sp³-hybridized carbons (Fsp3) is 0.400. The van der Waals surface area contributed by atoms with E-state index in [4.69, 9.17) is 5.73 Å². The maximum atomic E-state index is 10.6. The third-order valence-corrected chi connectivity index (χ3v) is 2.53. The highest BCUT2D eigenvalue weighted by atomic mass is 16.1. The Morgan fingerprint density at radius 2 is 2.43 bits per heavy atom. The molecule has 2 rings (SSSR count). The molecule has 0 bridgehead atoms. The van der Waals surface area contributed by atoms with E-state index in [2.05, 4.69) is 16.9 Å². The first-order chi connectivity index (χ1) is 6.70. The number of hydrogen-bond donors (Lipinski definition) is 1. The van der Waals surface area contributed by atoms with E-state index in [-0.39, 0.29) is 0 Å². The Kier molecular flexibility index (Phi) is 2.21. The van der Waals surface area contributed by atoms with E-state index < -0.39 is 0 Å². The summed E-state index contributed by atoms with van der Waals surface area (Å²) in [4.78, 5) is 17.1. The molecule has 0 spiro atoms. The van der Waals surface area contributed by atoms with E-state index in [0.29, 0.717) is 17.7 Å². The molecule has 1 aliphatic rings. The maximum absolute atomic E-state index is 10.6. The van der Waals surface area contributed by atoms with Crippen molar-refractivity contribution in [2.45, 2.75) is 13.0 Å². The van der Waals surface area contributed by atoms with Crippen LogP contribution in [0.5, 0.6) is 0 Å². The molecule has 4 nitrogen and oxygen atoms in total. The average molecular weight is 191 g/mol. The SMILES string of the molecule is CN1CCc2nc(C=O)c(N)cc2C1. The molecular weight excluding hydrogens is 178 g/mol. The first-order valence-electron chi connectivity index (χ1n) is 4.62. The van der Waals surface area contributed by atoms with Gasteiger partial charge in [-0.3, -0.25) is 4.79 Å². The Hall–Kier alpha value is -1.42. The number of nitrogens with zero attached hydrogens (tertiary/aromatic N) is 2. The summed E-state index contributed by atoms with van der Waals surface area (Å²) in [5, 5.41) is 0.